The molecule has 0 saturated carbocycles. The number of para-hydroxylation sites is 1. The number of amides is 2. The molecule has 0 fully saturated rings. The quantitative estimate of drug-likeness (QED) is 0.267. The van der Waals surface area contributed by atoms with Gasteiger partial charge in [-0.1, -0.05) is 41.9 Å². The third-order valence-electron chi connectivity index (χ3n) is 5.12. The highest BCUT2D eigenvalue weighted by Gasteiger charge is 2.15. The van der Waals surface area contributed by atoms with Crippen LogP contribution in [-0.4, -0.2) is 43.1 Å². The zero-order valence-corrected chi connectivity index (χ0v) is 20.0. The van der Waals surface area contributed by atoms with E-state index in [2.05, 4.69) is 15.5 Å². The Morgan fingerprint density at radius 1 is 1.00 bits per heavy atom. The zero-order valence-electron chi connectivity index (χ0n) is 19.3. The van der Waals surface area contributed by atoms with Crippen LogP contribution in [0, 0.1) is 0 Å². The Labute approximate surface area is 205 Å². The highest BCUT2D eigenvalue weighted by atomic mass is 35.5. The largest absolute Gasteiger partial charge is 0.460 e. The number of furan rings is 1. The van der Waals surface area contributed by atoms with Crippen molar-refractivity contribution in [3.05, 3.63) is 88.8 Å². The monoisotopic (exact) mass is 483 g/mol. The number of hydrogen-bond acceptors (Lipinski definition) is 5. The van der Waals surface area contributed by atoms with Gasteiger partial charge in [0.25, 0.3) is 0 Å². The summed E-state index contributed by atoms with van der Waals surface area (Å²) in [5.41, 5.74) is 1.93. The van der Waals surface area contributed by atoms with Crippen LogP contribution in [-0.2, 0) is 17.7 Å². The van der Waals surface area contributed by atoms with Crippen molar-refractivity contribution in [3.8, 4) is 0 Å². The Hall–Kier alpha value is -3.29. The second-order valence-electron chi connectivity index (χ2n) is 7.74. The normalized spacial score (nSPS) is 10.8. The molecule has 2 N–H and O–H groups in total. The molecule has 0 saturated heterocycles. The Morgan fingerprint density at radius 3 is 2.50 bits per heavy atom. The van der Waals surface area contributed by atoms with Crippen molar-refractivity contribution in [2.75, 3.05) is 31.6 Å². The summed E-state index contributed by atoms with van der Waals surface area (Å²) >= 11 is 5.99. The van der Waals surface area contributed by atoms with Crippen molar-refractivity contribution in [1.29, 1.82) is 0 Å². The van der Waals surface area contributed by atoms with E-state index in [1.165, 1.54) is 5.56 Å². The number of urea groups is 1. The molecule has 3 aromatic rings. The molecule has 34 heavy (non-hydrogen) atoms. The maximum absolute atomic E-state index is 12.1. The fourth-order valence-electron chi connectivity index (χ4n) is 3.40. The zero-order chi connectivity index (χ0) is 24.2. The molecule has 1 heterocycles. The van der Waals surface area contributed by atoms with E-state index in [0.29, 0.717) is 30.5 Å². The van der Waals surface area contributed by atoms with Crippen LogP contribution >= 0.6 is 11.6 Å². The summed E-state index contributed by atoms with van der Waals surface area (Å²) in [5, 5.41) is 6.41. The summed E-state index contributed by atoms with van der Waals surface area (Å²) in [6.07, 6.45) is 1.60. The fourth-order valence-corrected chi connectivity index (χ4v) is 3.53. The van der Waals surface area contributed by atoms with Gasteiger partial charge < -0.3 is 19.8 Å². The number of carbonyl (C=O) groups is 2. The Morgan fingerprint density at radius 2 is 1.76 bits per heavy atom. The van der Waals surface area contributed by atoms with E-state index in [0.717, 1.165) is 31.6 Å². The molecule has 2 amide bonds. The van der Waals surface area contributed by atoms with Gasteiger partial charge in [0.15, 0.2) is 0 Å². The van der Waals surface area contributed by atoms with E-state index in [9.17, 15) is 9.59 Å². The van der Waals surface area contributed by atoms with Gasteiger partial charge in [0.2, 0.25) is 5.76 Å². The molecule has 0 aliphatic heterocycles. The smallest absolute Gasteiger partial charge is 0.374 e. The Bertz CT molecular complexity index is 1040. The minimum absolute atomic E-state index is 0.203. The van der Waals surface area contributed by atoms with Gasteiger partial charge in [0.1, 0.15) is 5.76 Å². The van der Waals surface area contributed by atoms with E-state index < -0.39 is 5.97 Å². The van der Waals surface area contributed by atoms with Crippen LogP contribution in [0.4, 0.5) is 10.5 Å². The molecule has 1 aromatic heterocycles. The fraction of sp³-hybridized carbons (Fsp3) is 0.308. The summed E-state index contributed by atoms with van der Waals surface area (Å²) in [4.78, 5) is 26.2. The first kappa shape index (κ1) is 25.3. The first-order valence-electron chi connectivity index (χ1n) is 11.4. The average molecular weight is 484 g/mol. The number of halogens is 1. The van der Waals surface area contributed by atoms with Gasteiger partial charge >= 0.3 is 12.0 Å². The first-order chi connectivity index (χ1) is 16.5. The van der Waals surface area contributed by atoms with Crippen molar-refractivity contribution in [3.63, 3.8) is 0 Å². The average Bonchev–Trinajstić information content (AvgIpc) is 3.30. The summed E-state index contributed by atoms with van der Waals surface area (Å²) in [6.45, 7) is 4.66. The number of rotatable bonds is 12. The molecule has 0 unspecified atom stereocenters. The van der Waals surface area contributed by atoms with Crippen molar-refractivity contribution >= 4 is 29.3 Å². The third-order valence-corrected chi connectivity index (χ3v) is 5.37. The number of carbonyl (C=O) groups excluding carboxylic acids is 2. The number of nitrogens with one attached hydrogen (secondary N) is 2. The van der Waals surface area contributed by atoms with Crippen LogP contribution in [0.15, 0.2) is 71.1 Å². The number of hydrogen-bond donors (Lipinski definition) is 2. The predicted molar refractivity (Wildman–Crippen MR) is 133 cm³/mol. The second kappa shape index (κ2) is 13.4. The molecule has 8 heteroatoms. The van der Waals surface area contributed by atoms with E-state index >= 15 is 0 Å². The molecule has 2 aromatic carbocycles. The molecule has 180 valence electrons. The van der Waals surface area contributed by atoms with Crippen LogP contribution in [0.3, 0.4) is 0 Å². The minimum atomic E-state index is -0.463. The van der Waals surface area contributed by atoms with Crippen molar-refractivity contribution < 1.29 is 18.7 Å². The van der Waals surface area contributed by atoms with Gasteiger partial charge in [-0.3, -0.25) is 4.90 Å². The van der Waals surface area contributed by atoms with Gasteiger partial charge in [-0.25, -0.2) is 9.59 Å². The lowest BCUT2D eigenvalue weighted by atomic mass is 10.1. The molecule has 0 atom stereocenters. The van der Waals surface area contributed by atoms with Gasteiger partial charge in [0.05, 0.1) is 13.2 Å². The number of nitrogens with zero attached hydrogens (tertiary/aromatic N) is 1. The predicted octanol–water partition coefficient (Wildman–Crippen LogP) is 5.37. The van der Waals surface area contributed by atoms with Gasteiger partial charge in [-0.2, -0.15) is 0 Å². The van der Waals surface area contributed by atoms with Gasteiger partial charge in [0, 0.05) is 30.3 Å². The summed E-state index contributed by atoms with van der Waals surface area (Å²) < 4.78 is 10.7. The highest BCUT2D eigenvalue weighted by Crippen LogP contribution is 2.14. The molecule has 3 rings (SSSR count). The van der Waals surface area contributed by atoms with Crippen LogP contribution < -0.4 is 10.6 Å². The maximum atomic E-state index is 12.1. The SMILES string of the molecule is CCOC(=O)c1ccc(CN(CCCNC(=O)Nc2ccccc2)CCc2ccc(Cl)cc2)o1. The first-order valence-corrected chi connectivity index (χ1v) is 11.7. The molecule has 0 aliphatic carbocycles. The molecule has 0 spiro atoms. The molecular weight excluding hydrogens is 454 g/mol. The molecular formula is C26H30ClN3O4. The Balaban J connectivity index is 1.52. The van der Waals surface area contributed by atoms with Gasteiger partial charge in [-0.15, -0.1) is 0 Å². The lowest BCUT2D eigenvalue weighted by molar-refractivity contribution is 0.0486. The standard InChI is InChI=1S/C26H30ClN3O4/c1-2-33-25(31)24-14-13-23(34-24)19-30(18-15-20-9-11-21(27)12-10-20)17-6-16-28-26(32)29-22-7-4-3-5-8-22/h3-5,7-14H,2,6,15-19H2,1H3,(H2,28,29,32). The lowest BCUT2D eigenvalue weighted by Gasteiger charge is -2.21. The van der Waals surface area contributed by atoms with Crippen molar-refractivity contribution in [1.82, 2.24) is 10.2 Å². The van der Waals surface area contributed by atoms with Crippen LogP contribution in [0.5, 0.6) is 0 Å². The van der Waals surface area contributed by atoms with Crippen molar-refractivity contribution in [2.45, 2.75) is 26.3 Å². The number of anilines is 1. The maximum Gasteiger partial charge on any atom is 0.374 e. The number of esters is 1. The second-order valence-corrected chi connectivity index (χ2v) is 8.18. The number of ether oxygens (including phenoxy) is 1. The van der Waals surface area contributed by atoms with Gasteiger partial charge in [-0.05, 0) is 61.7 Å². The third kappa shape index (κ3) is 8.57. The van der Waals surface area contributed by atoms with E-state index in [4.69, 9.17) is 20.8 Å². The number of benzene rings is 2. The molecule has 0 radical (unpaired) electrons. The van der Waals surface area contributed by atoms with Crippen LogP contribution in [0.2, 0.25) is 5.02 Å². The summed E-state index contributed by atoms with van der Waals surface area (Å²) in [5.74, 6) is 0.429. The topological polar surface area (TPSA) is 83.8 Å². The molecule has 0 aliphatic rings. The molecule has 0 bridgehead atoms. The minimum Gasteiger partial charge on any atom is -0.460 e. The lowest BCUT2D eigenvalue weighted by Crippen LogP contribution is -2.33. The summed E-state index contributed by atoms with van der Waals surface area (Å²) in [6, 6.07) is 20.3. The van der Waals surface area contributed by atoms with Crippen LogP contribution in [0.25, 0.3) is 0 Å². The van der Waals surface area contributed by atoms with Crippen LogP contribution in [0.1, 0.15) is 35.2 Å². The summed E-state index contributed by atoms with van der Waals surface area (Å²) in [7, 11) is 0. The van der Waals surface area contributed by atoms with Crippen molar-refractivity contribution in [2.24, 2.45) is 0 Å². The highest BCUT2D eigenvalue weighted by molar-refractivity contribution is 6.30. The molecule has 7 nitrogen and oxygen atoms in total. The Kier molecular flexibility index (Phi) is 10.0. The van der Waals surface area contributed by atoms with E-state index in [-0.39, 0.29) is 11.8 Å². The van der Waals surface area contributed by atoms with E-state index in [1.807, 2.05) is 54.6 Å². The van der Waals surface area contributed by atoms with E-state index in [1.54, 1.807) is 19.1 Å².